The minimum Gasteiger partial charge on any atom is -0.480 e. The third kappa shape index (κ3) is 3.25. The van der Waals surface area contributed by atoms with E-state index in [0.29, 0.717) is 10.8 Å². The number of thioether (sulfide) groups is 1. The summed E-state index contributed by atoms with van der Waals surface area (Å²) in [6.07, 6.45) is 3.05. The van der Waals surface area contributed by atoms with Crippen LogP contribution in [0.2, 0.25) is 5.02 Å². The summed E-state index contributed by atoms with van der Waals surface area (Å²) < 4.78 is 0. The molecule has 5 heteroatoms. The Morgan fingerprint density at radius 3 is 3.00 bits per heavy atom. The number of nitrogens with one attached hydrogen (secondary N) is 1. The van der Waals surface area contributed by atoms with Gasteiger partial charge in [-0.05, 0) is 24.1 Å². The minimum absolute atomic E-state index is 0.316. The highest BCUT2D eigenvalue weighted by Gasteiger charge is 2.42. The highest BCUT2D eigenvalue weighted by atomic mass is 35.5. The first-order chi connectivity index (χ1) is 9.07. The maximum absolute atomic E-state index is 11.2. The van der Waals surface area contributed by atoms with E-state index >= 15 is 0 Å². The first-order valence-electron chi connectivity index (χ1n) is 6.48. The Balaban J connectivity index is 2.28. The van der Waals surface area contributed by atoms with Gasteiger partial charge in [0.2, 0.25) is 0 Å². The summed E-state index contributed by atoms with van der Waals surface area (Å²) in [5.41, 5.74) is 1.07. The Morgan fingerprint density at radius 2 is 2.42 bits per heavy atom. The third-order valence-electron chi connectivity index (χ3n) is 3.38. The second kappa shape index (κ2) is 6.16. The van der Waals surface area contributed by atoms with Gasteiger partial charge in [0.15, 0.2) is 0 Å². The van der Waals surface area contributed by atoms with Crippen molar-refractivity contribution in [1.82, 2.24) is 5.32 Å². The van der Waals surface area contributed by atoms with E-state index in [4.69, 9.17) is 11.6 Å². The van der Waals surface area contributed by atoms with Crippen LogP contribution in [-0.2, 0) is 9.67 Å². The van der Waals surface area contributed by atoms with Crippen LogP contribution >= 0.6 is 23.4 Å². The molecule has 0 amide bonds. The van der Waals surface area contributed by atoms with E-state index in [-0.39, 0.29) is 4.87 Å². The maximum atomic E-state index is 11.2. The van der Waals surface area contributed by atoms with E-state index in [9.17, 15) is 9.90 Å². The Morgan fingerprint density at radius 1 is 1.63 bits per heavy atom. The highest BCUT2D eigenvalue weighted by Crippen LogP contribution is 2.44. The van der Waals surface area contributed by atoms with Crippen LogP contribution < -0.4 is 5.32 Å². The lowest BCUT2D eigenvalue weighted by Gasteiger charge is -2.30. The number of carboxylic acid groups (broad SMARTS) is 1. The second-order valence-corrected chi connectivity index (χ2v) is 6.54. The van der Waals surface area contributed by atoms with Gasteiger partial charge < -0.3 is 5.11 Å². The average molecular weight is 300 g/mol. The minimum atomic E-state index is -0.784. The lowest BCUT2D eigenvalue weighted by Crippen LogP contribution is -2.43. The number of halogens is 1. The van der Waals surface area contributed by atoms with Crippen LogP contribution in [0, 0.1) is 0 Å². The van der Waals surface area contributed by atoms with E-state index in [1.165, 1.54) is 0 Å². The molecule has 0 spiro atoms. The van der Waals surface area contributed by atoms with Crippen molar-refractivity contribution < 1.29 is 9.90 Å². The van der Waals surface area contributed by atoms with Gasteiger partial charge in [0.1, 0.15) is 6.04 Å². The number of hydrogen-bond acceptors (Lipinski definition) is 3. The zero-order chi connectivity index (χ0) is 13.9. The van der Waals surface area contributed by atoms with E-state index in [2.05, 4.69) is 12.2 Å². The molecular formula is C14H18ClNO2S. The van der Waals surface area contributed by atoms with Crippen molar-refractivity contribution in [2.24, 2.45) is 0 Å². The number of carbonyl (C=O) groups is 1. The number of carboxylic acids is 1. The van der Waals surface area contributed by atoms with Gasteiger partial charge in [-0.25, -0.2) is 0 Å². The second-order valence-electron chi connectivity index (χ2n) is 4.79. The third-order valence-corrected chi connectivity index (χ3v) is 5.16. The largest absolute Gasteiger partial charge is 0.480 e. The molecule has 2 unspecified atom stereocenters. The van der Waals surface area contributed by atoms with Gasteiger partial charge in [-0.1, -0.05) is 43.5 Å². The summed E-state index contributed by atoms with van der Waals surface area (Å²) in [7, 11) is 0. The Kier molecular flexibility index (Phi) is 4.76. The smallest absolute Gasteiger partial charge is 0.321 e. The topological polar surface area (TPSA) is 49.3 Å². The SMILES string of the molecule is CCCCC1(c2cccc(Cl)c2)NC(C(=O)O)CS1. The van der Waals surface area contributed by atoms with E-state index < -0.39 is 12.0 Å². The lowest BCUT2D eigenvalue weighted by atomic mass is 9.99. The predicted molar refractivity (Wildman–Crippen MR) is 79.7 cm³/mol. The van der Waals surface area contributed by atoms with Crippen molar-refractivity contribution in [3.63, 3.8) is 0 Å². The number of benzene rings is 1. The van der Waals surface area contributed by atoms with Crippen LogP contribution in [0.25, 0.3) is 0 Å². The highest BCUT2D eigenvalue weighted by molar-refractivity contribution is 8.00. The van der Waals surface area contributed by atoms with Gasteiger partial charge in [0.25, 0.3) is 0 Å². The molecule has 0 aromatic heterocycles. The number of rotatable bonds is 5. The van der Waals surface area contributed by atoms with Crippen LogP contribution in [-0.4, -0.2) is 22.9 Å². The summed E-state index contributed by atoms with van der Waals surface area (Å²) in [6, 6.07) is 7.22. The summed E-state index contributed by atoms with van der Waals surface area (Å²) >= 11 is 7.74. The summed E-state index contributed by atoms with van der Waals surface area (Å²) in [4.78, 5) is 10.8. The monoisotopic (exact) mass is 299 g/mol. The van der Waals surface area contributed by atoms with Crippen LogP contribution in [0.1, 0.15) is 31.7 Å². The van der Waals surface area contributed by atoms with Crippen molar-refractivity contribution in [2.75, 3.05) is 5.75 Å². The molecule has 1 aromatic carbocycles. The molecule has 2 N–H and O–H groups in total. The van der Waals surface area contributed by atoms with Gasteiger partial charge >= 0.3 is 5.97 Å². The predicted octanol–water partition coefficient (Wildman–Crippen LogP) is 3.47. The molecule has 1 heterocycles. The van der Waals surface area contributed by atoms with Crippen LogP contribution in [0.15, 0.2) is 24.3 Å². The maximum Gasteiger partial charge on any atom is 0.321 e. The number of unbranched alkanes of at least 4 members (excludes halogenated alkanes) is 1. The molecule has 2 rings (SSSR count). The van der Waals surface area contributed by atoms with Crippen LogP contribution in [0.3, 0.4) is 0 Å². The number of aliphatic carboxylic acids is 1. The summed E-state index contributed by atoms with van der Waals surface area (Å²) in [5.74, 6) is -0.196. The van der Waals surface area contributed by atoms with Gasteiger partial charge in [-0.2, -0.15) is 0 Å². The molecule has 0 aliphatic carbocycles. The zero-order valence-corrected chi connectivity index (χ0v) is 12.4. The van der Waals surface area contributed by atoms with E-state index in [0.717, 1.165) is 24.8 Å². The first kappa shape index (κ1) is 14.7. The van der Waals surface area contributed by atoms with Crippen LogP contribution in [0.4, 0.5) is 0 Å². The van der Waals surface area contributed by atoms with Gasteiger partial charge in [-0.3, -0.25) is 10.1 Å². The molecule has 19 heavy (non-hydrogen) atoms. The van der Waals surface area contributed by atoms with Crippen molar-refractivity contribution >= 4 is 29.3 Å². The molecule has 104 valence electrons. The zero-order valence-electron chi connectivity index (χ0n) is 10.9. The molecule has 1 aliphatic rings. The van der Waals surface area contributed by atoms with Gasteiger partial charge in [0.05, 0.1) is 4.87 Å². The average Bonchev–Trinajstić information content (AvgIpc) is 2.82. The molecular weight excluding hydrogens is 282 g/mol. The van der Waals surface area contributed by atoms with Crippen molar-refractivity contribution in [1.29, 1.82) is 0 Å². The summed E-state index contributed by atoms with van der Waals surface area (Å²) in [6.45, 7) is 2.14. The molecule has 0 saturated carbocycles. The molecule has 1 fully saturated rings. The van der Waals surface area contributed by atoms with Crippen molar-refractivity contribution in [3.8, 4) is 0 Å². The molecule has 2 atom stereocenters. The number of hydrogen-bond donors (Lipinski definition) is 2. The molecule has 0 bridgehead atoms. The fourth-order valence-electron chi connectivity index (χ4n) is 2.34. The van der Waals surface area contributed by atoms with Crippen LogP contribution in [0.5, 0.6) is 0 Å². The summed E-state index contributed by atoms with van der Waals surface area (Å²) in [5, 5.41) is 13.1. The van der Waals surface area contributed by atoms with E-state index in [1.54, 1.807) is 11.8 Å². The Bertz CT molecular complexity index is 469. The molecule has 1 aliphatic heterocycles. The van der Waals surface area contributed by atoms with E-state index in [1.807, 2.05) is 24.3 Å². The molecule has 0 radical (unpaired) electrons. The fourth-order valence-corrected chi connectivity index (χ4v) is 4.02. The van der Waals surface area contributed by atoms with Crippen molar-refractivity contribution in [2.45, 2.75) is 37.1 Å². The normalized spacial score (nSPS) is 26.5. The standard InChI is InChI=1S/C14H18ClNO2S/c1-2-3-7-14(10-5-4-6-11(15)8-10)16-12(9-19-14)13(17)18/h4-6,8,12,16H,2-3,7,9H2,1H3,(H,17,18). The van der Waals surface area contributed by atoms with Gasteiger partial charge in [-0.15, -0.1) is 11.8 Å². The quantitative estimate of drug-likeness (QED) is 0.874. The lowest BCUT2D eigenvalue weighted by molar-refractivity contribution is -0.138. The fraction of sp³-hybridized carbons (Fsp3) is 0.500. The molecule has 3 nitrogen and oxygen atoms in total. The first-order valence-corrected chi connectivity index (χ1v) is 7.84. The Labute approximate surface area is 122 Å². The molecule has 1 saturated heterocycles. The van der Waals surface area contributed by atoms with Gasteiger partial charge in [0, 0.05) is 10.8 Å². The van der Waals surface area contributed by atoms with Crippen molar-refractivity contribution in [3.05, 3.63) is 34.9 Å². The molecule has 1 aromatic rings. The Hall–Kier alpha value is -0.710.